The van der Waals surface area contributed by atoms with E-state index < -0.39 is 0 Å². The summed E-state index contributed by atoms with van der Waals surface area (Å²) in [5.74, 6) is 0.257. The lowest BCUT2D eigenvalue weighted by Crippen LogP contribution is -2.28. The Labute approximate surface area is 94.5 Å². The summed E-state index contributed by atoms with van der Waals surface area (Å²) in [5.41, 5.74) is 0.565. The summed E-state index contributed by atoms with van der Waals surface area (Å²) in [6.07, 6.45) is 3.29. The van der Waals surface area contributed by atoms with E-state index in [1.54, 1.807) is 24.4 Å². The molecule has 2 N–H and O–H groups in total. The lowest BCUT2D eigenvalue weighted by molar-refractivity contribution is -0.115. The van der Waals surface area contributed by atoms with Gasteiger partial charge >= 0.3 is 0 Å². The van der Waals surface area contributed by atoms with Crippen molar-refractivity contribution in [1.82, 2.24) is 10.3 Å². The standard InChI is InChI=1S/C11H15N3O2/c1-3-6-12-8-10(15)14-9-5-4-7-13-11(9)16-2/h3-5,7,12H,1,6,8H2,2H3,(H,14,15). The number of aromatic nitrogens is 1. The number of ether oxygens (including phenoxy) is 1. The molecule has 0 unspecified atom stereocenters. The number of carbonyl (C=O) groups excluding carboxylic acids is 1. The highest BCUT2D eigenvalue weighted by atomic mass is 16.5. The first-order valence-corrected chi connectivity index (χ1v) is 4.88. The molecule has 1 heterocycles. The summed E-state index contributed by atoms with van der Waals surface area (Å²) in [6, 6.07) is 3.46. The summed E-state index contributed by atoms with van der Waals surface area (Å²) in [4.78, 5) is 15.4. The van der Waals surface area contributed by atoms with Crippen molar-refractivity contribution in [2.75, 3.05) is 25.5 Å². The normalized spacial score (nSPS) is 9.56. The van der Waals surface area contributed by atoms with Crippen LogP contribution < -0.4 is 15.4 Å². The molecule has 0 spiro atoms. The predicted octanol–water partition coefficient (Wildman–Crippen LogP) is 0.804. The molecule has 86 valence electrons. The van der Waals surface area contributed by atoms with Crippen molar-refractivity contribution in [3.8, 4) is 5.88 Å². The van der Waals surface area contributed by atoms with Crippen LogP contribution in [0.3, 0.4) is 0 Å². The third-order valence-corrected chi connectivity index (χ3v) is 1.81. The van der Waals surface area contributed by atoms with Crippen LogP contribution in [-0.2, 0) is 4.79 Å². The van der Waals surface area contributed by atoms with E-state index in [0.717, 1.165) is 0 Å². The molecule has 0 bridgehead atoms. The quantitative estimate of drug-likeness (QED) is 0.551. The Hall–Kier alpha value is -1.88. The molecule has 0 radical (unpaired) electrons. The summed E-state index contributed by atoms with van der Waals surface area (Å²) in [6.45, 7) is 4.37. The number of carbonyl (C=O) groups is 1. The fourth-order valence-corrected chi connectivity index (χ4v) is 1.13. The highest BCUT2D eigenvalue weighted by Crippen LogP contribution is 2.19. The van der Waals surface area contributed by atoms with Gasteiger partial charge in [-0.2, -0.15) is 0 Å². The van der Waals surface area contributed by atoms with Gasteiger partial charge in [0.2, 0.25) is 11.8 Å². The van der Waals surface area contributed by atoms with Gasteiger partial charge in [0.15, 0.2) is 0 Å². The highest BCUT2D eigenvalue weighted by Gasteiger charge is 2.06. The van der Waals surface area contributed by atoms with E-state index in [4.69, 9.17) is 4.74 Å². The Bertz CT molecular complexity index is 366. The number of anilines is 1. The van der Waals surface area contributed by atoms with Crippen molar-refractivity contribution in [3.63, 3.8) is 0 Å². The van der Waals surface area contributed by atoms with E-state index in [9.17, 15) is 4.79 Å². The van der Waals surface area contributed by atoms with Crippen LogP contribution in [0.25, 0.3) is 0 Å². The lowest BCUT2D eigenvalue weighted by Gasteiger charge is -2.08. The van der Waals surface area contributed by atoms with E-state index >= 15 is 0 Å². The van der Waals surface area contributed by atoms with Gasteiger partial charge in [0.1, 0.15) is 5.69 Å². The second-order valence-electron chi connectivity index (χ2n) is 3.03. The maximum atomic E-state index is 11.5. The second kappa shape index (κ2) is 6.58. The van der Waals surface area contributed by atoms with Crippen molar-refractivity contribution < 1.29 is 9.53 Å². The summed E-state index contributed by atoms with van der Waals surface area (Å²) in [5, 5.41) is 5.60. The third-order valence-electron chi connectivity index (χ3n) is 1.81. The molecule has 0 saturated heterocycles. The fraction of sp³-hybridized carbons (Fsp3) is 0.273. The molecule has 0 atom stereocenters. The van der Waals surface area contributed by atoms with E-state index in [-0.39, 0.29) is 12.5 Å². The van der Waals surface area contributed by atoms with E-state index in [0.29, 0.717) is 18.1 Å². The van der Waals surface area contributed by atoms with Gasteiger partial charge in [-0.1, -0.05) is 6.08 Å². The van der Waals surface area contributed by atoms with E-state index in [1.165, 1.54) is 7.11 Å². The molecule has 0 saturated carbocycles. The number of rotatable bonds is 6. The number of amides is 1. The molecule has 1 amide bonds. The lowest BCUT2D eigenvalue weighted by atomic mass is 10.4. The Morgan fingerprint density at radius 3 is 3.19 bits per heavy atom. The number of nitrogens with zero attached hydrogens (tertiary/aromatic N) is 1. The first-order chi connectivity index (χ1) is 7.77. The van der Waals surface area contributed by atoms with Gasteiger partial charge in [0.25, 0.3) is 0 Å². The molecule has 5 heteroatoms. The Morgan fingerprint density at radius 2 is 2.50 bits per heavy atom. The third kappa shape index (κ3) is 3.70. The fourth-order valence-electron chi connectivity index (χ4n) is 1.13. The molecule has 1 aromatic heterocycles. The molecule has 0 aliphatic carbocycles. The van der Waals surface area contributed by atoms with Gasteiger partial charge in [-0.05, 0) is 12.1 Å². The maximum Gasteiger partial charge on any atom is 0.238 e. The Kier molecular flexibility index (Phi) is 5.01. The van der Waals surface area contributed by atoms with Gasteiger partial charge in [0.05, 0.1) is 13.7 Å². The molecule has 16 heavy (non-hydrogen) atoms. The van der Waals surface area contributed by atoms with Gasteiger partial charge in [0, 0.05) is 12.7 Å². The average molecular weight is 221 g/mol. The molecule has 0 aliphatic rings. The number of hydrogen-bond donors (Lipinski definition) is 2. The number of nitrogens with one attached hydrogen (secondary N) is 2. The summed E-state index contributed by atoms with van der Waals surface area (Å²) in [7, 11) is 1.51. The average Bonchev–Trinajstić information content (AvgIpc) is 2.30. The minimum atomic E-state index is -0.145. The predicted molar refractivity (Wildman–Crippen MR) is 62.5 cm³/mol. The minimum Gasteiger partial charge on any atom is -0.480 e. The topological polar surface area (TPSA) is 63.2 Å². The van der Waals surface area contributed by atoms with Crippen molar-refractivity contribution in [3.05, 3.63) is 31.0 Å². The van der Waals surface area contributed by atoms with Crippen LogP contribution in [0.1, 0.15) is 0 Å². The monoisotopic (exact) mass is 221 g/mol. The smallest absolute Gasteiger partial charge is 0.238 e. The molecular formula is C11H15N3O2. The van der Waals surface area contributed by atoms with Gasteiger partial charge in [-0.3, -0.25) is 4.79 Å². The zero-order chi connectivity index (χ0) is 11.8. The molecular weight excluding hydrogens is 206 g/mol. The van der Waals surface area contributed by atoms with E-state index in [2.05, 4.69) is 22.2 Å². The van der Waals surface area contributed by atoms with Gasteiger partial charge in [-0.25, -0.2) is 4.98 Å². The van der Waals surface area contributed by atoms with Crippen molar-refractivity contribution in [2.24, 2.45) is 0 Å². The second-order valence-corrected chi connectivity index (χ2v) is 3.03. The highest BCUT2D eigenvalue weighted by molar-refractivity contribution is 5.93. The van der Waals surface area contributed by atoms with Crippen LogP contribution in [0.2, 0.25) is 0 Å². The zero-order valence-electron chi connectivity index (χ0n) is 9.19. The summed E-state index contributed by atoms with van der Waals surface area (Å²) >= 11 is 0. The Morgan fingerprint density at radius 1 is 1.69 bits per heavy atom. The van der Waals surface area contributed by atoms with Gasteiger partial charge in [-0.15, -0.1) is 6.58 Å². The number of hydrogen-bond acceptors (Lipinski definition) is 4. The first-order valence-electron chi connectivity index (χ1n) is 4.88. The summed E-state index contributed by atoms with van der Waals surface area (Å²) < 4.78 is 5.01. The molecule has 0 aromatic carbocycles. The van der Waals surface area contributed by atoms with Crippen LogP contribution in [-0.4, -0.2) is 31.1 Å². The largest absolute Gasteiger partial charge is 0.480 e. The van der Waals surface area contributed by atoms with Crippen LogP contribution >= 0.6 is 0 Å². The van der Waals surface area contributed by atoms with E-state index in [1.807, 2.05) is 0 Å². The van der Waals surface area contributed by atoms with Crippen LogP contribution in [0.5, 0.6) is 5.88 Å². The minimum absolute atomic E-state index is 0.145. The van der Waals surface area contributed by atoms with Crippen LogP contribution in [0, 0.1) is 0 Å². The number of pyridine rings is 1. The first kappa shape index (κ1) is 12.2. The van der Waals surface area contributed by atoms with Crippen molar-refractivity contribution >= 4 is 11.6 Å². The SMILES string of the molecule is C=CCNCC(=O)Nc1cccnc1OC. The molecule has 0 fully saturated rings. The Balaban J connectivity index is 2.52. The zero-order valence-corrected chi connectivity index (χ0v) is 9.19. The maximum absolute atomic E-state index is 11.5. The van der Waals surface area contributed by atoms with Gasteiger partial charge < -0.3 is 15.4 Å². The number of methoxy groups -OCH3 is 1. The molecule has 5 nitrogen and oxygen atoms in total. The molecule has 1 aromatic rings. The molecule has 0 aliphatic heterocycles. The van der Waals surface area contributed by atoms with Crippen molar-refractivity contribution in [2.45, 2.75) is 0 Å². The van der Waals surface area contributed by atoms with Crippen molar-refractivity contribution in [1.29, 1.82) is 0 Å². The van der Waals surface area contributed by atoms with Crippen LogP contribution in [0.4, 0.5) is 5.69 Å². The molecule has 1 rings (SSSR count). The van der Waals surface area contributed by atoms with Crippen LogP contribution in [0.15, 0.2) is 31.0 Å².